The van der Waals surface area contributed by atoms with Crippen LogP contribution in [0.25, 0.3) is 0 Å². The van der Waals surface area contributed by atoms with Gasteiger partial charge in [0, 0.05) is 20.5 Å². The molecule has 1 saturated heterocycles. The van der Waals surface area contributed by atoms with Crippen LogP contribution in [0.4, 0.5) is 0 Å². The first-order chi connectivity index (χ1) is 6.96. The summed E-state index contributed by atoms with van der Waals surface area (Å²) in [5.74, 6) is -2.54. The highest BCUT2D eigenvalue weighted by atomic mass is 16.7. The summed E-state index contributed by atoms with van der Waals surface area (Å²) in [7, 11) is 0. The second kappa shape index (κ2) is 4.44. The number of allylic oxidation sites excluding steroid dienone is 1. The van der Waals surface area contributed by atoms with Gasteiger partial charge in [0.25, 0.3) is 5.79 Å². The summed E-state index contributed by atoms with van der Waals surface area (Å²) in [5, 5.41) is 8.55. The van der Waals surface area contributed by atoms with Crippen LogP contribution in [-0.2, 0) is 19.1 Å². The van der Waals surface area contributed by atoms with Crippen molar-refractivity contribution in [2.75, 3.05) is 6.61 Å². The highest BCUT2D eigenvalue weighted by Gasteiger charge is 2.38. The predicted molar refractivity (Wildman–Crippen MR) is 50.7 cm³/mol. The Morgan fingerprint density at radius 2 is 1.80 bits per heavy atom. The molecule has 0 unspecified atom stereocenters. The average molecular weight is 214 g/mol. The molecule has 0 radical (unpaired) electrons. The molecule has 0 spiro atoms. The van der Waals surface area contributed by atoms with Gasteiger partial charge < -0.3 is 14.6 Å². The normalized spacial score (nSPS) is 19.5. The molecule has 1 N–H and O–H groups in total. The minimum atomic E-state index is -1.19. The molecule has 1 aliphatic heterocycles. The first kappa shape index (κ1) is 11.7. The molecule has 1 rings (SSSR count). The maximum absolute atomic E-state index is 11.4. The van der Waals surface area contributed by atoms with Crippen molar-refractivity contribution in [1.82, 2.24) is 0 Å². The number of ether oxygens (including phenoxy) is 2. The van der Waals surface area contributed by atoms with Crippen LogP contribution in [0.15, 0.2) is 11.6 Å². The fraction of sp³-hybridized carbons (Fsp3) is 0.600. The molecule has 1 aliphatic rings. The van der Waals surface area contributed by atoms with Crippen LogP contribution in [0, 0.1) is 0 Å². The first-order valence-corrected chi connectivity index (χ1v) is 4.74. The second-order valence-electron chi connectivity index (χ2n) is 3.66. The monoisotopic (exact) mass is 214 g/mol. The SMILES string of the molecule is CC1(C)OC(=O)C(=CCCCO)C(=O)O1. The fourth-order valence-electron chi connectivity index (χ4n) is 1.16. The Bertz CT molecular complexity index is 281. The Hall–Kier alpha value is -1.36. The van der Waals surface area contributed by atoms with Crippen LogP contribution in [0.2, 0.25) is 0 Å². The van der Waals surface area contributed by atoms with Crippen molar-refractivity contribution < 1.29 is 24.2 Å². The molecule has 15 heavy (non-hydrogen) atoms. The number of esters is 2. The molecular formula is C10H14O5. The quantitative estimate of drug-likeness (QED) is 0.321. The molecule has 0 aromatic carbocycles. The molecule has 0 aromatic heterocycles. The number of hydrogen-bond acceptors (Lipinski definition) is 5. The zero-order chi connectivity index (χ0) is 11.5. The summed E-state index contributed by atoms with van der Waals surface area (Å²) in [5.41, 5.74) is -0.0947. The maximum Gasteiger partial charge on any atom is 0.348 e. The zero-order valence-electron chi connectivity index (χ0n) is 8.78. The molecule has 0 bridgehead atoms. The number of aliphatic hydroxyl groups excluding tert-OH is 1. The van der Waals surface area contributed by atoms with Gasteiger partial charge in [-0.2, -0.15) is 0 Å². The van der Waals surface area contributed by atoms with E-state index in [1.165, 1.54) is 19.9 Å². The number of carbonyl (C=O) groups is 2. The van der Waals surface area contributed by atoms with Gasteiger partial charge in [-0.25, -0.2) is 9.59 Å². The predicted octanol–water partition coefficient (Wildman–Crippen LogP) is 0.521. The Kier molecular flexibility index (Phi) is 3.47. The molecule has 0 amide bonds. The van der Waals surface area contributed by atoms with Gasteiger partial charge in [0.05, 0.1) is 0 Å². The van der Waals surface area contributed by atoms with Crippen LogP contribution in [0.5, 0.6) is 0 Å². The van der Waals surface area contributed by atoms with Crippen molar-refractivity contribution in [1.29, 1.82) is 0 Å². The number of carbonyl (C=O) groups excluding carboxylic acids is 2. The zero-order valence-corrected chi connectivity index (χ0v) is 8.78. The molecule has 5 nitrogen and oxygen atoms in total. The van der Waals surface area contributed by atoms with E-state index in [4.69, 9.17) is 14.6 Å². The van der Waals surface area contributed by atoms with E-state index in [0.29, 0.717) is 12.8 Å². The number of rotatable bonds is 3. The highest BCUT2D eigenvalue weighted by molar-refractivity contribution is 6.15. The topological polar surface area (TPSA) is 72.8 Å². The van der Waals surface area contributed by atoms with Gasteiger partial charge in [-0.3, -0.25) is 0 Å². The van der Waals surface area contributed by atoms with E-state index in [1.54, 1.807) is 0 Å². The number of unbranched alkanes of at least 4 members (excludes halogenated alkanes) is 1. The molecule has 0 saturated carbocycles. The Balaban J connectivity index is 2.71. The lowest BCUT2D eigenvalue weighted by Crippen LogP contribution is -2.41. The Morgan fingerprint density at radius 3 is 2.27 bits per heavy atom. The van der Waals surface area contributed by atoms with E-state index in [0.717, 1.165) is 0 Å². The van der Waals surface area contributed by atoms with Gasteiger partial charge in [-0.05, 0) is 12.8 Å². The van der Waals surface area contributed by atoms with Gasteiger partial charge in [-0.15, -0.1) is 0 Å². The second-order valence-corrected chi connectivity index (χ2v) is 3.66. The number of hydrogen-bond donors (Lipinski definition) is 1. The standard InChI is InChI=1S/C10H14O5/c1-10(2)14-8(12)7(9(13)15-10)5-3-4-6-11/h5,11H,3-4,6H2,1-2H3. The summed E-state index contributed by atoms with van der Waals surface area (Å²) < 4.78 is 9.75. The van der Waals surface area contributed by atoms with E-state index in [2.05, 4.69) is 0 Å². The minimum Gasteiger partial charge on any atom is -0.419 e. The lowest BCUT2D eigenvalue weighted by Gasteiger charge is -2.29. The third-order valence-electron chi connectivity index (χ3n) is 1.83. The molecule has 84 valence electrons. The largest absolute Gasteiger partial charge is 0.419 e. The smallest absolute Gasteiger partial charge is 0.348 e. The van der Waals surface area contributed by atoms with Crippen molar-refractivity contribution in [2.24, 2.45) is 0 Å². The number of cyclic esters (lactones) is 2. The van der Waals surface area contributed by atoms with Crippen LogP contribution >= 0.6 is 0 Å². The Labute approximate surface area is 87.7 Å². The van der Waals surface area contributed by atoms with Gasteiger partial charge in [-0.1, -0.05) is 6.08 Å². The van der Waals surface area contributed by atoms with E-state index >= 15 is 0 Å². The number of aliphatic hydroxyl groups is 1. The average Bonchev–Trinajstić information content (AvgIpc) is 2.08. The summed E-state index contributed by atoms with van der Waals surface area (Å²) in [6.45, 7) is 3.00. The van der Waals surface area contributed by atoms with E-state index in [9.17, 15) is 9.59 Å². The summed E-state index contributed by atoms with van der Waals surface area (Å²) in [6, 6.07) is 0. The fourth-order valence-corrected chi connectivity index (χ4v) is 1.16. The van der Waals surface area contributed by atoms with Gasteiger partial charge in [0.1, 0.15) is 5.57 Å². The van der Waals surface area contributed by atoms with Crippen molar-refractivity contribution in [3.63, 3.8) is 0 Å². The summed E-state index contributed by atoms with van der Waals surface area (Å²) in [4.78, 5) is 22.7. The highest BCUT2D eigenvalue weighted by Crippen LogP contribution is 2.22. The van der Waals surface area contributed by atoms with Gasteiger partial charge >= 0.3 is 11.9 Å². The molecule has 1 heterocycles. The third-order valence-corrected chi connectivity index (χ3v) is 1.83. The van der Waals surface area contributed by atoms with E-state index in [1.807, 2.05) is 0 Å². The molecule has 1 fully saturated rings. The molecular weight excluding hydrogens is 200 g/mol. The van der Waals surface area contributed by atoms with E-state index < -0.39 is 17.7 Å². The van der Waals surface area contributed by atoms with Gasteiger partial charge in [0.2, 0.25) is 0 Å². The summed E-state index contributed by atoms with van der Waals surface area (Å²) in [6.07, 6.45) is 2.36. The maximum atomic E-state index is 11.4. The van der Waals surface area contributed by atoms with Crippen LogP contribution in [0.3, 0.4) is 0 Å². The molecule has 5 heteroatoms. The minimum absolute atomic E-state index is 0.0133. The van der Waals surface area contributed by atoms with Crippen molar-refractivity contribution >= 4 is 11.9 Å². The molecule has 0 aliphatic carbocycles. The van der Waals surface area contributed by atoms with Crippen molar-refractivity contribution in [3.05, 3.63) is 11.6 Å². The lowest BCUT2D eigenvalue weighted by molar-refractivity contribution is -0.222. The molecule has 0 atom stereocenters. The summed E-state index contributed by atoms with van der Waals surface area (Å²) >= 11 is 0. The third kappa shape index (κ3) is 3.06. The van der Waals surface area contributed by atoms with E-state index in [-0.39, 0.29) is 12.2 Å². The molecule has 0 aromatic rings. The lowest BCUT2D eigenvalue weighted by atomic mass is 10.1. The van der Waals surface area contributed by atoms with Crippen molar-refractivity contribution in [2.45, 2.75) is 32.5 Å². The van der Waals surface area contributed by atoms with Crippen molar-refractivity contribution in [3.8, 4) is 0 Å². The Morgan fingerprint density at radius 1 is 1.27 bits per heavy atom. The first-order valence-electron chi connectivity index (χ1n) is 4.74. The van der Waals surface area contributed by atoms with Crippen LogP contribution in [0.1, 0.15) is 26.7 Å². The van der Waals surface area contributed by atoms with Crippen LogP contribution in [-0.4, -0.2) is 29.4 Å². The van der Waals surface area contributed by atoms with Gasteiger partial charge in [0.15, 0.2) is 0 Å². The van der Waals surface area contributed by atoms with Crippen LogP contribution < -0.4 is 0 Å².